The van der Waals surface area contributed by atoms with Gasteiger partial charge in [0.05, 0.1) is 5.69 Å². The summed E-state index contributed by atoms with van der Waals surface area (Å²) in [6, 6.07) is 32.8. The number of aromatic nitrogens is 1. The van der Waals surface area contributed by atoms with Crippen LogP contribution in [0.15, 0.2) is 97.1 Å². The standard InChI is InChI=1S/C26H17Cl2N/c27-20-13-9-17(10-14-20)22-7-4-8-23-25(22)24(18-11-15-21(28)16-12-18)26(29-23)19-5-2-1-3-6-19/h1-16,29H. The maximum absolute atomic E-state index is 6.17. The van der Waals surface area contributed by atoms with Crippen LogP contribution in [-0.4, -0.2) is 4.98 Å². The van der Waals surface area contributed by atoms with Crippen LogP contribution < -0.4 is 0 Å². The van der Waals surface area contributed by atoms with E-state index in [1.807, 2.05) is 30.3 Å². The van der Waals surface area contributed by atoms with Crippen LogP contribution in [0.2, 0.25) is 10.0 Å². The Morgan fingerprint density at radius 1 is 0.517 bits per heavy atom. The van der Waals surface area contributed by atoms with E-state index < -0.39 is 0 Å². The van der Waals surface area contributed by atoms with E-state index in [1.54, 1.807) is 0 Å². The van der Waals surface area contributed by atoms with Crippen LogP contribution in [0.3, 0.4) is 0 Å². The van der Waals surface area contributed by atoms with Gasteiger partial charge in [0, 0.05) is 26.5 Å². The Balaban J connectivity index is 1.86. The van der Waals surface area contributed by atoms with Crippen LogP contribution in [0.5, 0.6) is 0 Å². The zero-order chi connectivity index (χ0) is 19.8. The third-order valence-corrected chi connectivity index (χ3v) is 5.68. The molecule has 140 valence electrons. The Morgan fingerprint density at radius 2 is 1.14 bits per heavy atom. The predicted octanol–water partition coefficient (Wildman–Crippen LogP) is 8.48. The van der Waals surface area contributed by atoms with Crippen molar-refractivity contribution in [2.24, 2.45) is 0 Å². The molecule has 0 unspecified atom stereocenters. The lowest BCUT2D eigenvalue weighted by atomic mass is 9.93. The van der Waals surface area contributed by atoms with Crippen molar-refractivity contribution in [3.05, 3.63) is 107 Å². The van der Waals surface area contributed by atoms with Crippen molar-refractivity contribution in [2.45, 2.75) is 0 Å². The van der Waals surface area contributed by atoms with Gasteiger partial charge in [-0.2, -0.15) is 0 Å². The number of halogens is 2. The first kappa shape index (κ1) is 18.1. The normalized spacial score (nSPS) is 11.1. The number of benzene rings is 4. The molecule has 0 aliphatic heterocycles. The molecule has 0 fully saturated rings. The Labute approximate surface area is 179 Å². The largest absolute Gasteiger partial charge is 0.354 e. The van der Waals surface area contributed by atoms with E-state index in [0.717, 1.165) is 37.9 Å². The van der Waals surface area contributed by atoms with Gasteiger partial charge in [0.1, 0.15) is 0 Å². The molecule has 5 aromatic rings. The van der Waals surface area contributed by atoms with Crippen molar-refractivity contribution in [2.75, 3.05) is 0 Å². The lowest BCUT2D eigenvalue weighted by Gasteiger charge is -2.10. The first-order chi connectivity index (χ1) is 14.2. The van der Waals surface area contributed by atoms with E-state index in [9.17, 15) is 0 Å². The highest BCUT2D eigenvalue weighted by Crippen LogP contribution is 2.43. The fraction of sp³-hybridized carbons (Fsp3) is 0. The monoisotopic (exact) mass is 413 g/mol. The molecule has 0 bridgehead atoms. The summed E-state index contributed by atoms with van der Waals surface area (Å²) < 4.78 is 0. The molecular formula is C26H17Cl2N. The molecule has 0 amide bonds. The highest BCUT2D eigenvalue weighted by molar-refractivity contribution is 6.31. The smallest absolute Gasteiger partial charge is 0.0544 e. The molecular weight excluding hydrogens is 397 g/mol. The van der Waals surface area contributed by atoms with Gasteiger partial charge in [-0.25, -0.2) is 0 Å². The molecule has 0 atom stereocenters. The second-order valence-electron chi connectivity index (χ2n) is 6.98. The summed E-state index contributed by atoms with van der Waals surface area (Å²) >= 11 is 12.3. The number of fused-ring (bicyclic) bond motifs is 1. The van der Waals surface area contributed by atoms with Gasteiger partial charge in [0.15, 0.2) is 0 Å². The Morgan fingerprint density at radius 3 is 1.79 bits per heavy atom. The molecule has 0 radical (unpaired) electrons. The number of rotatable bonds is 3. The van der Waals surface area contributed by atoms with Gasteiger partial charge >= 0.3 is 0 Å². The zero-order valence-corrected chi connectivity index (χ0v) is 17.0. The average molecular weight is 414 g/mol. The van der Waals surface area contributed by atoms with E-state index in [4.69, 9.17) is 23.2 Å². The minimum Gasteiger partial charge on any atom is -0.354 e. The molecule has 0 spiro atoms. The summed E-state index contributed by atoms with van der Waals surface area (Å²) in [4.78, 5) is 3.66. The predicted molar refractivity (Wildman–Crippen MR) is 125 cm³/mol. The fourth-order valence-corrected chi connectivity index (χ4v) is 4.10. The average Bonchev–Trinajstić information content (AvgIpc) is 3.15. The molecule has 0 aliphatic carbocycles. The van der Waals surface area contributed by atoms with Crippen LogP contribution in [-0.2, 0) is 0 Å². The summed E-state index contributed by atoms with van der Waals surface area (Å²) in [7, 11) is 0. The molecule has 0 saturated carbocycles. The van der Waals surface area contributed by atoms with Crippen molar-refractivity contribution in [1.29, 1.82) is 0 Å². The molecule has 1 N–H and O–H groups in total. The number of hydrogen-bond acceptors (Lipinski definition) is 0. The Hall–Kier alpha value is -3.00. The van der Waals surface area contributed by atoms with Gasteiger partial charge in [-0.3, -0.25) is 0 Å². The first-order valence-corrected chi connectivity index (χ1v) is 10.2. The molecule has 4 aromatic carbocycles. The lowest BCUT2D eigenvalue weighted by molar-refractivity contribution is 1.45. The highest BCUT2D eigenvalue weighted by Gasteiger charge is 2.18. The summed E-state index contributed by atoms with van der Waals surface area (Å²) in [5.41, 5.74) is 7.95. The molecule has 3 heteroatoms. The number of H-pyrrole nitrogens is 1. The number of hydrogen-bond donors (Lipinski definition) is 1. The summed E-state index contributed by atoms with van der Waals surface area (Å²) in [5, 5.41) is 2.65. The van der Waals surface area contributed by atoms with Crippen molar-refractivity contribution >= 4 is 34.1 Å². The van der Waals surface area contributed by atoms with Crippen LogP contribution in [0.1, 0.15) is 0 Å². The van der Waals surface area contributed by atoms with Gasteiger partial charge in [-0.15, -0.1) is 0 Å². The van der Waals surface area contributed by atoms with E-state index in [0.29, 0.717) is 0 Å². The van der Waals surface area contributed by atoms with Crippen LogP contribution >= 0.6 is 23.2 Å². The fourth-order valence-electron chi connectivity index (χ4n) is 3.84. The summed E-state index contributed by atoms with van der Waals surface area (Å²) in [5.74, 6) is 0. The van der Waals surface area contributed by atoms with Crippen LogP contribution in [0.4, 0.5) is 0 Å². The Bertz CT molecular complexity index is 1280. The minimum absolute atomic E-state index is 0.729. The quantitative estimate of drug-likeness (QED) is 0.305. The van der Waals surface area contributed by atoms with E-state index in [2.05, 4.69) is 71.7 Å². The van der Waals surface area contributed by atoms with Gasteiger partial charge in [0.25, 0.3) is 0 Å². The molecule has 1 aromatic heterocycles. The van der Waals surface area contributed by atoms with E-state index in [1.165, 1.54) is 16.5 Å². The lowest BCUT2D eigenvalue weighted by Crippen LogP contribution is -1.84. The van der Waals surface area contributed by atoms with E-state index >= 15 is 0 Å². The number of nitrogens with one attached hydrogen (secondary N) is 1. The molecule has 29 heavy (non-hydrogen) atoms. The van der Waals surface area contributed by atoms with Crippen LogP contribution in [0.25, 0.3) is 44.4 Å². The maximum atomic E-state index is 6.17. The zero-order valence-electron chi connectivity index (χ0n) is 15.5. The molecule has 0 aliphatic rings. The van der Waals surface area contributed by atoms with Crippen LogP contribution in [0, 0.1) is 0 Å². The number of aromatic amines is 1. The van der Waals surface area contributed by atoms with Crippen molar-refractivity contribution in [3.8, 4) is 33.5 Å². The molecule has 1 heterocycles. The van der Waals surface area contributed by atoms with Gasteiger partial charge in [-0.05, 0) is 52.6 Å². The topological polar surface area (TPSA) is 15.8 Å². The summed E-state index contributed by atoms with van der Waals surface area (Å²) in [6.07, 6.45) is 0. The third-order valence-electron chi connectivity index (χ3n) is 5.17. The Kier molecular flexibility index (Phi) is 4.63. The molecule has 0 saturated heterocycles. The molecule has 1 nitrogen and oxygen atoms in total. The van der Waals surface area contributed by atoms with Crippen molar-refractivity contribution < 1.29 is 0 Å². The summed E-state index contributed by atoms with van der Waals surface area (Å²) in [6.45, 7) is 0. The van der Waals surface area contributed by atoms with Gasteiger partial charge in [-0.1, -0.05) is 89.9 Å². The van der Waals surface area contributed by atoms with Crippen molar-refractivity contribution in [1.82, 2.24) is 4.98 Å². The maximum Gasteiger partial charge on any atom is 0.0544 e. The van der Waals surface area contributed by atoms with Crippen molar-refractivity contribution in [3.63, 3.8) is 0 Å². The second-order valence-corrected chi connectivity index (χ2v) is 7.86. The first-order valence-electron chi connectivity index (χ1n) is 9.43. The minimum atomic E-state index is 0.729. The SMILES string of the molecule is Clc1ccc(-c2cccc3[nH]c(-c4ccccc4)c(-c4ccc(Cl)cc4)c23)cc1. The second kappa shape index (κ2) is 7.44. The third kappa shape index (κ3) is 3.33. The van der Waals surface area contributed by atoms with E-state index in [-0.39, 0.29) is 0 Å². The van der Waals surface area contributed by atoms with Gasteiger partial charge in [0.2, 0.25) is 0 Å². The molecule has 5 rings (SSSR count). The van der Waals surface area contributed by atoms with Gasteiger partial charge < -0.3 is 4.98 Å². The highest BCUT2D eigenvalue weighted by atomic mass is 35.5.